The first kappa shape index (κ1) is 11.0. The van der Waals surface area contributed by atoms with Gasteiger partial charge in [-0.1, -0.05) is 42.5 Å². The standard InChI is InChI=1S/C14H19/c1-2-4-6-8-10-12-14-13-11-9-7-5-3-1/h1-2,5,7-8,10,13H,3-4,6,9,11-12H2. The summed E-state index contributed by atoms with van der Waals surface area (Å²) in [7, 11) is 0. The first-order valence-electron chi connectivity index (χ1n) is 5.50. The van der Waals surface area contributed by atoms with Crippen LogP contribution in [0.2, 0.25) is 0 Å². The van der Waals surface area contributed by atoms with Gasteiger partial charge in [0.25, 0.3) is 0 Å². The van der Waals surface area contributed by atoms with E-state index in [-0.39, 0.29) is 0 Å². The summed E-state index contributed by atoms with van der Waals surface area (Å²) < 4.78 is 0. The number of hydrogen-bond acceptors (Lipinski definition) is 0. The zero-order valence-electron chi connectivity index (χ0n) is 8.78. The predicted octanol–water partition coefficient (Wildman–Crippen LogP) is 4.37. The van der Waals surface area contributed by atoms with E-state index in [1.165, 1.54) is 0 Å². The van der Waals surface area contributed by atoms with Gasteiger partial charge in [-0.25, -0.2) is 0 Å². The van der Waals surface area contributed by atoms with Gasteiger partial charge in [-0.2, -0.15) is 0 Å². The van der Waals surface area contributed by atoms with Crippen molar-refractivity contribution >= 4 is 0 Å². The van der Waals surface area contributed by atoms with Gasteiger partial charge in [-0.3, -0.25) is 0 Å². The minimum absolute atomic E-state index is 0.966. The lowest BCUT2D eigenvalue weighted by Gasteiger charge is -1.90. The lowest BCUT2D eigenvalue weighted by molar-refractivity contribution is 1.01. The molecule has 0 heterocycles. The number of allylic oxidation sites excluding steroid dienone is 8. The molecule has 0 atom stereocenters. The van der Waals surface area contributed by atoms with Gasteiger partial charge in [0.05, 0.1) is 0 Å². The van der Waals surface area contributed by atoms with Gasteiger partial charge in [0.1, 0.15) is 0 Å². The molecule has 0 aliphatic heterocycles. The highest BCUT2D eigenvalue weighted by Crippen LogP contribution is 2.00. The smallest absolute Gasteiger partial charge is 0.00979 e. The molecule has 0 bridgehead atoms. The first-order chi connectivity index (χ1) is 7.00. The SMILES string of the molecule is [C]1=CCCC=CCC=CCCC=CC1. The van der Waals surface area contributed by atoms with Crippen LogP contribution in [0.15, 0.2) is 42.5 Å². The molecule has 0 fully saturated rings. The molecule has 0 amide bonds. The highest BCUT2D eigenvalue weighted by Gasteiger charge is 1.80. The predicted molar refractivity (Wildman–Crippen MR) is 62.9 cm³/mol. The van der Waals surface area contributed by atoms with Crippen LogP contribution in [0.4, 0.5) is 0 Å². The van der Waals surface area contributed by atoms with Crippen molar-refractivity contribution in [2.24, 2.45) is 0 Å². The van der Waals surface area contributed by atoms with Gasteiger partial charge < -0.3 is 0 Å². The first-order valence-corrected chi connectivity index (χ1v) is 5.50. The third kappa shape index (κ3) is 6.47. The van der Waals surface area contributed by atoms with E-state index in [0.717, 1.165) is 38.5 Å². The maximum atomic E-state index is 3.28. The molecule has 0 saturated heterocycles. The Labute approximate surface area is 87.7 Å². The summed E-state index contributed by atoms with van der Waals surface area (Å²) in [6.07, 6.45) is 25.5. The molecule has 0 N–H and O–H groups in total. The third-order valence-corrected chi connectivity index (χ3v) is 2.13. The van der Waals surface area contributed by atoms with Gasteiger partial charge in [0.15, 0.2) is 0 Å². The van der Waals surface area contributed by atoms with Crippen molar-refractivity contribution in [3.05, 3.63) is 48.6 Å². The highest BCUT2D eigenvalue weighted by molar-refractivity contribution is 4.96. The van der Waals surface area contributed by atoms with Crippen molar-refractivity contribution < 1.29 is 0 Å². The van der Waals surface area contributed by atoms with Crippen LogP contribution in [-0.4, -0.2) is 0 Å². The second-order valence-corrected chi connectivity index (χ2v) is 3.42. The summed E-state index contributed by atoms with van der Waals surface area (Å²) in [5.74, 6) is 0. The van der Waals surface area contributed by atoms with Crippen molar-refractivity contribution in [3.8, 4) is 0 Å². The van der Waals surface area contributed by atoms with E-state index >= 15 is 0 Å². The van der Waals surface area contributed by atoms with E-state index in [1.54, 1.807) is 0 Å². The Morgan fingerprint density at radius 1 is 0.643 bits per heavy atom. The Morgan fingerprint density at radius 3 is 2.07 bits per heavy atom. The lowest BCUT2D eigenvalue weighted by Crippen LogP contribution is -1.70. The van der Waals surface area contributed by atoms with Gasteiger partial charge in [0, 0.05) is 0 Å². The second-order valence-electron chi connectivity index (χ2n) is 3.42. The van der Waals surface area contributed by atoms with E-state index < -0.39 is 0 Å². The monoisotopic (exact) mass is 187 g/mol. The summed E-state index contributed by atoms with van der Waals surface area (Å²) in [5, 5.41) is 0. The normalized spacial score (nSPS) is 19.4. The maximum absolute atomic E-state index is 3.28. The van der Waals surface area contributed by atoms with Gasteiger partial charge in [-0.05, 0) is 44.6 Å². The molecule has 1 aliphatic carbocycles. The molecule has 0 nitrogen and oxygen atoms in total. The molecule has 0 aromatic carbocycles. The van der Waals surface area contributed by atoms with Crippen LogP contribution >= 0.6 is 0 Å². The fourth-order valence-corrected chi connectivity index (χ4v) is 1.33. The van der Waals surface area contributed by atoms with E-state index in [2.05, 4.69) is 48.6 Å². The Morgan fingerprint density at radius 2 is 1.29 bits per heavy atom. The van der Waals surface area contributed by atoms with E-state index in [1.807, 2.05) is 0 Å². The highest BCUT2D eigenvalue weighted by atomic mass is 13.9. The molecule has 1 aliphatic rings. The lowest BCUT2D eigenvalue weighted by atomic mass is 10.2. The van der Waals surface area contributed by atoms with E-state index in [0.29, 0.717) is 0 Å². The van der Waals surface area contributed by atoms with Gasteiger partial charge in [-0.15, -0.1) is 0 Å². The zero-order valence-corrected chi connectivity index (χ0v) is 8.78. The van der Waals surface area contributed by atoms with Crippen LogP contribution in [0.3, 0.4) is 0 Å². The van der Waals surface area contributed by atoms with Crippen LogP contribution < -0.4 is 0 Å². The molecule has 75 valence electrons. The molecule has 14 heavy (non-hydrogen) atoms. The minimum atomic E-state index is 0.966. The molecular weight excluding hydrogens is 168 g/mol. The molecule has 1 radical (unpaired) electrons. The van der Waals surface area contributed by atoms with Crippen molar-refractivity contribution in [2.45, 2.75) is 38.5 Å². The third-order valence-electron chi connectivity index (χ3n) is 2.13. The molecular formula is C14H19. The van der Waals surface area contributed by atoms with Crippen molar-refractivity contribution in [2.75, 3.05) is 0 Å². The fraction of sp³-hybridized carbons (Fsp3) is 0.429. The molecule has 1 rings (SSSR count). The van der Waals surface area contributed by atoms with E-state index in [9.17, 15) is 0 Å². The summed E-state index contributed by atoms with van der Waals surface area (Å²) in [5.41, 5.74) is 0. The van der Waals surface area contributed by atoms with Crippen molar-refractivity contribution in [1.29, 1.82) is 0 Å². The Bertz CT molecular complexity index is 178. The number of hydrogen-bond donors (Lipinski definition) is 0. The van der Waals surface area contributed by atoms with Gasteiger partial charge in [0.2, 0.25) is 0 Å². The fourth-order valence-electron chi connectivity index (χ4n) is 1.33. The van der Waals surface area contributed by atoms with E-state index in [4.69, 9.17) is 0 Å². The summed E-state index contributed by atoms with van der Waals surface area (Å²) in [6, 6.07) is 0. The molecule has 0 aromatic heterocycles. The molecule has 0 unspecified atom stereocenters. The minimum Gasteiger partial charge on any atom is -0.0879 e. The summed E-state index contributed by atoms with van der Waals surface area (Å²) >= 11 is 0. The molecule has 0 saturated carbocycles. The van der Waals surface area contributed by atoms with Crippen LogP contribution in [0.1, 0.15) is 38.5 Å². The average molecular weight is 187 g/mol. The molecule has 0 aromatic rings. The Kier molecular flexibility index (Phi) is 6.74. The average Bonchev–Trinajstić information content (AvgIpc) is 2.22. The molecule has 0 heteroatoms. The largest absolute Gasteiger partial charge is 0.0879 e. The summed E-state index contributed by atoms with van der Waals surface area (Å²) in [6.45, 7) is 0. The quantitative estimate of drug-likeness (QED) is 0.494. The summed E-state index contributed by atoms with van der Waals surface area (Å²) in [4.78, 5) is 0. The van der Waals surface area contributed by atoms with Crippen LogP contribution in [0, 0.1) is 6.08 Å². The van der Waals surface area contributed by atoms with Crippen LogP contribution in [-0.2, 0) is 0 Å². The zero-order chi connectivity index (χ0) is 9.90. The van der Waals surface area contributed by atoms with Gasteiger partial charge >= 0.3 is 0 Å². The van der Waals surface area contributed by atoms with Crippen molar-refractivity contribution in [3.63, 3.8) is 0 Å². The van der Waals surface area contributed by atoms with Crippen molar-refractivity contribution in [1.82, 2.24) is 0 Å². The van der Waals surface area contributed by atoms with Crippen LogP contribution in [0.25, 0.3) is 0 Å². The molecule has 0 spiro atoms. The van der Waals surface area contributed by atoms with Crippen LogP contribution in [0.5, 0.6) is 0 Å². The Hall–Kier alpha value is -1.04. The maximum Gasteiger partial charge on any atom is -0.00979 e. The topological polar surface area (TPSA) is 0 Å². The Balaban J connectivity index is 2.33. The number of rotatable bonds is 0. The second kappa shape index (κ2) is 8.55.